The molecule has 90 valence electrons. The van der Waals surface area contributed by atoms with Gasteiger partial charge in [-0.3, -0.25) is 4.98 Å². The summed E-state index contributed by atoms with van der Waals surface area (Å²) < 4.78 is 0. The molecule has 1 heterocycles. The summed E-state index contributed by atoms with van der Waals surface area (Å²) >= 11 is 0. The van der Waals surface area contributed by atoms with Gasteiger partial charge < -0.3 is 5.73 Å². The smallest absolute Gasteiger partial charge is 0.0739 e. The second kappa shape index (κ2) is 4.46. The molecule has 1 atom stereocenters. The molecule has 17 heavy (non-hydrogen) atoms. The van der Waals surface area contributed by atoms with Crippen molar-refractivity contribution < 1.29 is 0 Å². The van der Waals surface area contributed by atoms with Crippen LogP contribution in [0.4, 0.5) is 0 Å². The number of benzene rings is 1. The van der Waals surface area contributed by atoms with Crippen molar-refractivity contribution in [3.05, 3.63) is 40.6 Å². The van der Waals surface area contributed by atoms with E-state index in [4.69, 9.17) is 10.7 Å². The molecule has 0 aliphatic carbocycles. The molecule has 0 fully saturated rings. The SMILES string of the molecule is Cc1ccc2c(C)cc(C(C)CN)nc2c1C. The van der Waals surface area contributed by atoms with Crippen molar-refractivity contribution in [3.63, 3.8) is 0 Å². The van der Waals surface area contributed by atoms with Crippen molar-refractivity contribution in [1.82, 2.24) is 4.98 Å². The molecular formula is C15H20N2. The van der Waals surface area contributed by atoms with Gasteiger partial charge in [-0.05, 0) is 43.5 Å². The zero-order chi connectivity index (χ0) is 12.6. The van der Waals surface area contributed by atoms with Crippen LogP contribution in [0, 0.1) is 20.8 Å². The Balaban J connectivity index is 2.74. The lowest BCUT2D eigenvalue weighted by molar-refractivity contribution is 0.748. The molecule has 2 heteroatoms. The van der Waals surface area contributed by atoms with Gasteiger partial charge in [0.25, 0.3) is 0 Å². The zero-order valence-electron chi connectivity index (χ0n) is 11.0. The van der Waals surface area contributed by atoms with Gasteiger partial charge in [0.2, 0.25) is 0 Å². The van der Waals surface area contributed by atoms with Gasteiger partial charge in [0.1, 0.15) is 0 Å². The molecule has 2 nitrogen and oxygen atoms in total. The Kier molecular flexibility index (Phi) is 3.16. The van der Waals surface area contributed by atoms with Gasteiger partial charge >= 0.3 is 0 Å². The van der Waals surface area contributed by atoms with E-state index in [1.165, 1.54) is 22.1 Å². The second-order valence-electron chi connectivity index (χ2n) is 4.90. The summed E-state index contributed by atoms with van der Waals surface area (Å²) in [5.74, 6) is 0.318. The number of nitrogens with zero attached hydrogens (tertiary/aromatic N) is 1. The first kappa shape index (κ1) is 12.1. The van der Waals surface area contributed by atoms with Crippen LogP contribution in [0.25, 0.3) is 10.9 Å². The molecule has 1 aromatic heterocycles. The fourth-order valence-corrected chi connectivity index (χ4v) is 2.10. The number of aryl methyl sites for hydroxylation is 3. The Morgan fingerprint density at radius 3 is 2.53 bits per heavy atom. The second-order valence-corrected chi connectivity index (χ2v) is 4.90. The van der Waals surface area contributed by atoms with Crippen molar-refractivity contribution in [2.45, 2.75) is 33.6 Å². The van der Waals surface area contributed by atoms with Gasteiger partial charge in [-0.2, -0.15) is 0 Å². The third-order valence-corrected chi connectivity index (χ3v) is 3.59. The molecular weight excluding hydrogens is 208 g/mol. The maximum atomic E-state index is 5.73. The normalized spacial score (nSPS) is 13.0. The predicted octanol–water partition coefficient (Wildman–Crippen LogP) is 3.22. The van der Waals surface area contributed by atoms with Crippen LogP contribution in [0.2, 0.25) is 0 Å². The molecule has 2 aromatic rings. The number of pyridine rings is 1. The van der Waals surface area contributed by atoms with E-state index in [1.54, 1.807) is 0 Å². The minimum atomic E-state index is 0.318. The Hall–Kier alpha value is -1.41. The average molecular weight is 228 g/mol. The molecule has 0 bridgehead atoms. The maximum absolute atomic E-state index is 5.73. The van der Waals surface area contributed by atoms with Gasteiger partial charge in [0.05, 0.1) is 5.52 Å². The highest BCUT2D eigenvalue weighted by molar-refractivity contribution is 5.86. The van der Waals surface area contributed by atoms with Crippen molar-refractivity contribution in [2.75, 3.05) is 6.54 Å². The molecule has 1 unspecified atom stereocenters. The summed E-state index contributed by atoms with van der Waals surface area (Å²) in [5, 5.41) is 1.25. The molecule has 0 saturated carbocycles. The molecule has 1 aromatic carbocycles. The largest absolute Gasteiger partial charge is 0.330 e. The Bertz CT molecular complexity index is 558. The highest BCUT2D eigenvalue weighted by Crippen LogP contribution is 2.25. The predicted molar refractivity (Wildman–Crippen MR) is 73.4 cm³/mol. The lowest BCUT2D eigenvalue weighted by Crippen LogP contribution is -2.11. The first-order chi connectivity index (χ1) is 8.04. The summed E-state index contributed by atoms with van der Waals surface area (Å²) in [6.07, 6.45) is 0. The number of nitrogens with two attached hydrogens (primary N) is 1. The van der Waals surface area contributed by atoms with Gasteiger partial charge in [-0.15, -0.1) is 0 Å². The van der Waals surface area contributed by atoms with Crippen LogP contribution in [0.1, 0.15) is 35.2 Å². The van der Waals surface area contributed by atoms with E-state index in [-0.39, 0.29) is 0 Å². The number of aromatic nitrogens is 1. The van der Waals surface area contributed by atoms with E-state index in [0.717, 1.165) is 11.2 Å². The highest BCUT2D eigenvalue weighted by Gasteiger charge is 2.10. The van der Waals surface area contributed by atoms with Crippen LogP contribution >= 0.6 is 0 Å². The van der Waals surface area contributed by atoms with Gasteiger partial charge in [-0.25, -0.2) is 0 Å². The fourth-order valence-electron chi connectivity index (χ4n) is 2.10. The topological polar surface area (TPSA) is 38.9 Å². The van der Waals surface area contributed by atoms with Crippen LogP contribution in [0.5, 0.6) is 0 Å². The molecule has 2 N–H and O–H groups in total. The number of fused-ring (bicyclic) bond motifs is 1. The lowest BCUT2D eigenvalue weighted by Gasteiger charge is -2.13. The molecule has 0 aliphatic rings. The summed E-state index contributed by atoms with van der Waals surface area (Å²) in [6.45, 7) is 9.18. The quantitative estimate of drug-likeness (QED) is 0.857. The van der Waals surface area contributed by atoms with E-state index in [9.17, 15) is 0 Å². The monoisotopic (exact) mass is 228 g/mol. The number of hydrogen-bond donors (Lipinski definition) is 1. The Morgan fingerprint density at radius 1 is 1.18 bits per heavy atom. The number of hydrogen-bond acceptors (Lipinski definition) is 2. The molecule has 0 radical (unpaired) electrons. The molecule has 0 saturated heterocycles. The van der Waals surface area contributed by atoms with Crippen LogP contribution in [-0.2, 0) is 0 Å². The van der Waals surface area contributed by atoms with Crippen LogP contribution in [0.3, 0.4) is 0 Å². The summed E-state index contributed by atoms with van der Waals surface area (Å²) in [5.41, 5.74) is 11.8. The summed E-state index contributed by atoms with van der Waals surface area (Å²) in [6, 6.07) is 6.49. The first-order valence-corrected chi connectivity index (χ1v) is 6.12. The third kappa shape index (κ3) is 2.05. The van der Waals surface area contributed by atoms with E-state index in [0.29, 0.717) is 12.5 Å². The van der Waals surface area contributed by atoms with Crippen molar-refractivity contribution in [3.8, 4) is 0 Å². The summed E-state index contributed by atoms with van der Waals surface area (Å²) in [4.78, 5) is 4.79. The zero-order valence-corrected chi connectivity index (χ0v) is 11.0. The van der Waals surface area contributed by atoms with Crippen molar-refractivity contribution in [1.29, 1.82) is 0 Å². The molecule has 0 spiro atoms. The molecule has 2 rings (SSSR count). The van der Waals surface area contributed by atoms with Gasteiger partial charge in [-0.1, -0.05) is 19.1 Å². The number of rotatable bonds is 2. The molecule has 0 amide bonds. The van der Waals surface area contributed by atoms with Crippen LogP contribution < -0.4 is 5.73 Å². The van der Waals surface area contributed by atoms with Crippen molar-refractivity contribution >= 4 is 10.9 Å². The van der Waals surface area contributed by atoms with E-state index in [1.807, 2.05) is 0 Å². The third-order valence-electron chi connectivity index (χ3n) is 3.59. The van der Waals surface area contributed by atoms with Crippen LogP contribution in [0.15, 0.2) is 18.2 Å². The van der Waals surface area contributed by atoms with E-state index in [2.05, 4.69) is 45.9 Å². The average Bonchev–Trinajstić information content (AvgIpc) is 2.33. The highest BCUT2D eigenvalue weighted by atomic mass is 14.7. The van der Waals surface area contributed by atoms with E-state index < -0.39 is 0 Å². The van der Waals surface area contributed by atoms with Crippen molar-refractivity contribution in [2.24, 2.45) is 5.73 Å². The van der Waals surface area contributed by atoms with Gasteiger partial charge in [0, 0.05) is 23.5 Å². The lowest BCUT2D eigenvalue weighted by atomic mass is 9.99. The Labute approximate surface area is 103 Å². The minimum Gasteiger partial charge on any atom is -0.330 e. The maximum Gasteiger partial charge on any atom is 0.0739 e. The van der Waals surface area contributed by atoms with E-state index >= 15 is 0 Å². The summed E-state index contributed by atoms with van der Waals surface area (Å²) in [7, 11) is 0. The minimum absolute atomic E-state index is 0.318. The van der Waals surface area contributed by atoms with Gasteiger partial charge in [0.15, 0.2) is 0 Å². The fraction of sp³-hybridized carbons (Fsp3) is 0.400. The molecule has 0 aliphatic heterocycles. The Morgan fingerprint density at radius 2 is 1.88 bits per heavy atom. The van der Waals surface area contributed by atoms with Crippen LogP contribution in [-0.4, -0.2) is 11.5 Å². The standard InChI is InChI=1S/C15H20N2/c1-9-5-6-13-10(2)7-14(11(3)8-16)17-15(13)12(9)4/h5-7,11H,8,16H2,1-4H3. The first-order valence-electron chi connectivity index (χ1n) is 6.12.